The van der Waals surface area contributed by atoms with Crippen LogP contribution in [0.15, 0.2) is 58.3 Å². The van der Waals surface area contributed by atoms with Crippen LogP contribution in [-0.4, -0.2) is 53.6 Å². The van der Waals surface area contributed by atoms with Crippen molar-refractivity contribution in [1.29, 1.82) is 0 Å². The number of halogens is 1. The molecule has 0 aromatic heterocycles. The van der Waals surface area contributed by atoms with E-state index >= 15 is 0 Å². The van der Waals surface area contributed by atoms with Crippen LogP contribution in [0, 0.1) is 0 Å². The molecule has 0 amide bonds. The molecule has 2 aromatic rings. The van der Waals surface area contributed by atoms with Gasteiger partial charge in [0.15, 0.2) is 0 Å². The van der Waals surface area contributed by atoms with Crippen LogP contribution in [0.1, 0.15) is 6.42 Å². The maximum Gasteiger partial charge on any atom is 0.0747 e. The van der Waals surface area contributed by atoms with E-state index in [-0.39, 0.29) is 0 Å². The van der Waals surface area contributed by atoms with Crippen molar-refractivity contribution in [1.82, 2.24) is 9.80 Å². The minimum absolute atomic E-state index is 0.632. The van der Waals surface area contributed by atoms with Gasteiger partial charge in [-0.1, -0.05) is 58.6 Å². The van der Waals surface area contributed by atoms with Gasteiger partial charge in [0.2, 0.25) is 0 Å². The smallest absolute Gasteiger partial charge is 0.0747 e. The Kier molecular flexibility index (Phi) is 5.55. The van der Waals surface area contributed by atoms with Gasteiger partial charge in [-0.2, -0.15) is 0 Å². The lowest BCUT2D eigenvalue weighted by atomic mass is 10.2. The normalized spacial score (nSPS) is 21.0. The number of benzene rings is 2. The van der Waals surface area contributed by atoms with E-state index in [1.54, 1.807) is 0 Å². The van der Waals surface area contributed by atoms with Gasteiger partial charge in [0.25, 0.3) is 0 Å². The highest BCUT2D eigenvalue weighted by Crippen LogP contribution is 2.47. The van der Waals surface area contributed by atoms with Crippen molar-refractivity contribution in [3.8, 4) is 0 Å². The SMILES string of the molecule is CN1CCN(CCCN2c3ccccc3Sc3ccccc32)C(I)C1. The summed E-state index contributed by atoms with van der Waals surface area (Å²) >= 11 is 4.49. The van der Waals surface area contributed by atoms with Gasteiger partial charge in [-0.15, -0.1) is 0 Å². The van der Waals surface area contributed by atoms with Crippen LogP contribution in [0.3, 0.4) is 0 Å². The molecule has 2 aliphatic rings. The zero-order valence-corrected chi connectivity index (χ0v) is 17.5. The van der Waals surface area contributed by atoms with Crippen LogP contribution >= 0.6 is 34.4 Å². The molecule has 0 aliphatic carbocycles. The molecule has 5 heteroatoms. The molecule has 0 saturated carbocycles. The average molecular weight is 465 g/mol. The van der Waals surface area contributed by atoms with Gasteiger partial charge < -0.3 is 9.80 Å². The molecule has 25 heavy (non-hydrogen) atoms. The van der Waals surface area contributed by atoms with Gasteiger partial charge in [-0.25, -0.2) is 0 Å². The topological polar surface area (TPSA) is 9.72 Å². The number of hydrogen-bond donors (Lipinski definition) is 0. The Balaban J connectivity index is 1.47. The van der Waals surface area contributed by atoms with Crippen molar-refractivity contribution in [3.63, 3.8) is 0 Å². The second-order valence-electron chi connectivity index (χ2n) is 6.78. The molecule has 4 rings (SSSR count). The van der Waals surface area contributed by atoms with E-state index in [1.807, 2.05) is 11.8 Å². The Bertz CT molecular complexity index is 693. The monoisotopic (exact) mass is 465 g/mol. The van der Waals surface area contributed by atoms with E-state index < -0.39 is 0 Å². The number of alkyl halides is 1. The fourth-order valence-corrected chi connectivity index (χ4v) is 5.93. The number of likely N-dealkylation sites (N-methyl/N-ethyl adjacent to an activating group) is 1. The summed E-state index contributed by atoms with van der Waals surface area (Å²) < 4.78 is 0.632. The summed E-state index contributed by atoms with van der Waals surface area (Å²) in [7, 11) is 2.22. The summed E-state index contributed by atoms with van der Waals surface area (Å²) in [6.07, 6.45) is 1.19. The number of rotatable bonds is 4. The molecule has 0 radical (unpaired) electrons. The highest BCUT2D eigenvalue weighted by atomic mass is 127. The third-order valence-electron chi connectivity index (χ3n) is 4.99. The Morgan fingerprint density at radius 1 is 0.960 bits per heavy atom. The van der Waals surface area contributed by atoms with Crippen LogP contribution in [0.2, 0.25) is 0 Å². The number of fused-ring (bicyclic) bond motifs is 2. The first kappa shape index (κ1) is 17.6. The van der Waals surface area contributed by atoms with E-state index in [1.165, 1.54) is 53.8 Å². The molecule has 0 spiro atoms. The van der Waals surface area contributed by atoms with Gasteiger partial charge in [0.1, 0.15) is 0 Å². The van der Waals surface area contributed by atoms with E-state index in [0.29, 0.717) is 4.05 Å². The van der Waals surface area contributed by atoms with Crippen LogP contribution < -0.4 is 4.90 Å². The largest absolute Gasteiger partial charge is 0.340 e. The quantitative estimate of drug-likeness (QED) is 0.368. The number of anilines is 2. The minimum Gasteiger partial charge on any atom is -0.340 e. The summed E-state index contributed by atoms with van der Waals surface area (Å²) in [6, 6.07) is 17.6. The molecule has 3 nitrogen and oxygen atoms in total. The molecular weight excluding hydrogens is 441 g/mol. The molecule has 1 saturated heterocycles. The summed E-state index contributed by atoms with van der Waals surface area (Å²) in [6.45, 7) is 5.80. The van der Waals surface area contributed by atoms with Gasteiger partial charge in [0, 0.05) is 42.5 Å². The number of para-hydroxylation sites is 2. The zero-order valence-electron chi connectivity index (χ0n) is 14.6. The Morgan fingerprint density at radius 3 is 2.24 bits per heavy atom. The number of piperazine rings is 1. The minimum atomic E-state index is 0.632. The van der Waals surface area contributed by atoms with Gasteiger partial charge >= 0.3 is 0 Å². The van der Waals surface area contributed by atoms with Crippen molar-refractivity contribution in [2.45, 2.75) is 20.3 Å². The second kappa shape index (κ2) is 7.86. The highest BCUT2D eigenvalue weighted by molar-refractivity contribution is 14.1. The first-order valence-electron chi connectivity index (χ1n) is 8.92. The van der Waals surface area contributed by atoms with E-state index in [2.05, 4.69) is 92.9 Å². The van der Waals surface area contributed by atoms with Crippen molar-refractivity contribution in [2.75, 3.05) is 44.7 Å². The van der Waals surface area contributed by atoms with Crippen LogP contribution in [0.4, 0.5) is 11.4 Å². The average Bonchev–Trinajstić information content (AvgIpc) is 2.63. The second-order valence-corrected chi connectivity index (χ2v) is 9.30. The van der Waals surface area contributed by atoms with Crippen LogP contribution in [0.5, 0.6) is 0 Å². The number of nitrogens with zero attached hydrogens (tertiary/aromatic N) is 3. The molecule has 1 fully saturated rings. The summed E-state index contributed by atoms with van der Waals surface area (Å²) in [5.74, 6) is 0. The molecular formula is C20H24IN3S. The summed E-state index contributed by atoms with van der Waals surface area (Å²) in [5.41, 5.74) is 2.71. The van der Waals surface area contributed by atoms with Crippen LogP contribution in [-0.2, 0) is 0 Å². The maximum absolute atomic E-state index is 2.64. The first-order chi connectivity index (χ1) is 12.2. The van der Waals surface area contributed by atoms with E-state index in [9.17, 15) is 0 Å². The molecule has 1 atom stereocenters. The lowest BCUT2D eigenvalue weighted by molar-refractivity contribution is 0.143. The first-order valence-corrected chi connectivity index (χ1v) is 11.0. The number of hydrogen-bond acceptors (Lipinski definition) is 4. The fourth-order valence-electron chi connectivity index (χ4n) is 3.61. The molecule has 0 bridgehead atoms. The summed E-state index contributed by atoms with van der Waals surface area (Å²) in [4.78, 5) is 10.3. The molecule has 0 N–H and O–H groups in total. The predicted molar refractivity (Wildman–Crippen MR) is 116 cm³/mol. The molecule has 2 aliphatic heterocycles. The highest BCUT2D eigenvalue weighted by Gasteiger charge is 2.25. The third kappa shape index (κ3) is 3.84. The zero-order chi connectivity index (χ0) is 17.2. The Hall–Kier alpha value is -0.760. The van der Waals surface area contributed by atoms with Gasteiger partial charge in [-0.3, -0.25) is 4.90 Å². The fraction of sp³-hybridized carbons (Fsp3) is 0.400. The molecule has 2 heterocycles. The van der Waals surface area contributed by atoms with Crippen molar-refractivity contribution in [3.05, 3.63) is 48.5 Å². The molecule has 1 unspecified atom stereocenters. The van der Waals surface area contributed by atoms with Crippen molar-refractivity contribution >= 4 is 45.7 Å². The third-order valence-corrected chi connectivity index (χ3v) is 7.30. The van der Waals surface area contributed by atoms with Crippen molar-refractivity contribution in [2.24, 2.45) is 0 Å². The standard InChI is InChI=1S/C20H24IN3S/c1-22-13-14-23(20(21)15-22)11-6-12-24-16-7-2-4-9-18(16)25-19-10-5-3-8-17(19)24/h2-5,7-10,20H,6,11-15H2,1H3. The lowest BCUT2D eigenvalue weighted by Crippen LogP contribution is -2.49. The van der Waals surface area contributed by atoms with E-state index in [0.717, 1.165) is 6.54 Å². The predicted octanol–water partition coefficient (Wildman–Crippen LogP) is 4.69. The van der Waals surface area contributed by atoms with Crippen molar-refractivity contribution < 1.29 is 0 Å². The summed E-state index contributed by atoms with van der Waals surface area (Å²) in [5, 5.41) is 0. The lowest BCUT2D eigenvalue weighted by Gasteiger charge is -2.38. The van der Waals surface area contributed by atoms with E-state index in [4.69, 9.17) is 0 Å². The molecule has 2 aromatic carbocycles. The molecule has 132 valence electrons. The maximum atomic E-state index is 2.64. The van der Waals surface area contributed by atoms with Gasteiger partial charge in [-0.05, 0) is 37.7 Å². The van der Waals surface area contributed by atoms with Gasteiger partial charge in [0.05, 0.1) is 15.4 Å². The van der Waals surface area contributed by atoms with Crippen LogP contribution in [0.25, 0.3) is 0 Å². The Morgan fingerprint density at radius 2 is 1.60 bits per heavy atom. The Labute approximate surface area is 168 Å².